The number of carbonyl (C=O) groups is 2. The maximum atomic E-state index is 13.4. The number of carbonyl (C=O) groups excluding carboxylic acids is 1. The second-order valence-electron chi connectivity index (χ2n) is 6.41. The normalized spacial score (nSPS) is 29.6. The van der Waals surface area contributed by atoms with Gasteiger partial charge in [0.15, 0.2) is 11.6 Å². The van der Waals surface area contributed by atoms with E-state index in [2.05, 4.69) is 5.32 Å². The van der Waals surface area contributed by atoms with Crippen molar-refractivity contribution in [3.8, 4) is 0 Å². The Morgan fingerprint density at radius 3 is 2.54 bits per heavy atom. The fourth-order valence-electron chi connectivity index (χ4n) is 3.50. The summed E-state index contributed by atoms with van der Waals surface area (Å²) in [7, 11) is 0. The van der Waals surface area contributed by atoms with E-state index in [0.29, 0.717) is 37.9 Å². The summed E-state index contributed by atoms with van der Waals surface area (Å²) in [6.07, 6.45) is 1.43. The predicted octanol–water partition coefficient (Wildman–Crippen LogP) is 2.41. The molecule has 7 heteroatoms. The lowest BCUT2D eigenvalue weighted by Gasteiger charge is -2.22. The zero-order chi connectivity index (χ0) is 17.3. The summed E-state index contributed by atoms with van der Waals surface area (Å²) < 4.78 is 32.1. The van der Waals surface area contributed by atoms with Crippen LogP contribution in [-0.4, -0.2) is 29.6 Å². The van der Waals surface area contributed by atoms with Gasteiger partial charge < -0.3 is 15.2 Å². The zero-order valence-corrected chi connectivity index (χ0v) is 13.0. The number of benzene rings is 1. The molecule has 1 heterocycles. The first-order valence-electron chi connectivity index (χ1n) is 8.05. The molecule has 2 N–H and O–H groups in total. The summed E-state index contributed by atoms with van der Waals surface area (Å²) in [6, 6.07) is 3.25. The Morgan fingerprint density at radius 1 is 1.12 bits per heavy atom. The Balaban J connectivity index is 1.64. The van der Waals surface area contributed by atoms with Gasteiger partial charge in [-0.1, -0.05) is 6.07 Å². The van der Waals surface area contributed by atoms with Crippen LogP contribution < -0.4 is 5.32 Å². The van der Waals surface area contributed by atoms with Crippen molar-refractivity contribution in [1.29, 1.82) is 0 Å². The van der Waals surface area contributed by atoms with Gasteiger partial charge in [0.1, 0.15) is 6.10 Å². The minimum atomic E-state index is -0.951. The molecule has 5 nitrogen and oxygen atoms in total. The van der Waals surface area contributed by atoms with Crippen molar-refractivity contribution in [2.45, 2.75) is 37.8 Å². The van der Waals surface area contributed by atoms with Crippen LogP contribution in [0.5, 0.6) is 0 Å². The van der Waals surface area contributed by atoms with Crippen LogP contribution >= 0.6 is 0 Å². The summed E-state index contributed by atoms with van der Waals surface area (Å²) in [6.45, 7) is 0.414. The first-order chi connectivity index (χ1) is 11.5. The van der Waals surface area contributed by atoms with E-state index in [1.165, 1.54) is 6.07 Å². The van der Waals surface area contributed by atoms with Crippen molar-refractivity contribution >= 4 is 11.9 Å². The smallest absolute Gasteiger partial charge is 0.306 e. The lowest BCUT2D eigenvalue weighted by atomic mass is 9.99. The highest BCUT2D eigenvalue weighted by molar-refractivity contribution is 5.81. The van der Waals surface area contributed by atoms with Gasteiger partial charge in [0.05, 0.1) is 12.0 Å². The largest absolute Gasteiger partial charge is 0.481 e. The molecule has 24 heavy (non-hydrogen) atoms. The van der Waals surface area contributed by atoms with Crippen LogP contribution in [0.4, 0.5) is 8.78 Å². The van der Waals surface area contributed by atoms with E-state index in [-0.39, 0.29) is 17.9 Å². The van der Waals surface area contributed by atoms with Crippen LogP contribution in [0.15, 0.2) is 18.2 Å². The van der Waals surface area contributed by atoms with Crippen LogP contribution in [0, 0.1) is 23.5 Å². The molecule has 1 aromatic carbocycles. The Hall–Kier alpha value is -2.02. The van der Waals surface area contributed by atoms with Crippen LogP contribution in [0.3, 0.4) is 0 Å². The van der Waals surface area contributed by atoms with E-state index in [1.807, 2.05) is 0 Å². The molecule has 1 aromatic rings. The van der Waals surface area contributed by atoms with Crippen molar-refractivity contribution in [2.75, 3.05) is 6.61 Å². The van der Waals surface area contributed by atoms with E-state index in [9.17, 15) is 18.4 Å². The fraction of sp³-hybridized carbons (Fsp3) is 0.529. The quantitative estimate of drug-likeness (QED) is 0.883. The summed E-state index contributed by atoms with van der Waals surface area (Å²) in [5.41, 5.74) is 0.478. The van der Waals surface area contributed by atoms with Gasteiger partial charge in [-0.25, -0.2) is 8.78 Å². The van der Waals surface area contributed by atoms with E-state index >= 15 is 0 Å². The summed E-state index contributed by atoms with van der Waals surface area (Å²) in [5, 5.41) is 11.9. The van der Waals surface area contributed by atoms with Crippen LogP contribution in [-0.2, 0) is 14.3 Å². The highest BCUT2D eigenvalue weighted by Gasteiger charge is 2.37. The van der Waals surface area contributed by atoms with Crippen molar-refractivity contribution < 1.29 is 28.2 Å². The lowest BCUT2D eigenvalue weighted by molar-refractivity contribution is -0.141. The highest BCUT2D eigenvalue weighted by atomic mass is 19.2. The third-order valence-electron chi connectivity index (χ3n) is 4.84. The molecule has 130 valence electrons. The van der Waals surface area contributed by atoms with Crippen molar-refractivity contribution in [3.05, 3.63) is 35.4 Å². The van der Waals surface area contributed by atoms with Gasteiger partial charge in [-0.2, -0.15) is 0 Å². The number of aliphatic carboxylic acids is 1. The molecule has 0 radical (unpaired) electrons. The molecular weight excluding hydrogens is 320 g/mol. The molecule has 1 aliphatic carbocycles. The summed E-state index contributed by atoms with van der Waals surface area (Å²) in [4.78, 5) is 23.4. The average molecular weight is 339 g/mol. The van der Waals surface area contributed by atoms with Crippen LogP contribution in [0.1, 0.15) is 37.4 Å². The van der Waals surface area contributed by atoms with Gasteiger partial charge in [0, 0.05) is 12.5 Å². The van der Waals surface area contributed by atoms with Crippen LogP contribution in [0.2, 0.25) is 0 Å². The average Bonchev–Trinajstić information content (AvgIpc) is 3.19. The molecule has 1 saturated heterocycles. The SMILES string of the molecule is O=C(O)[C@@H]1CC[C@H](C(=O)NC2CCOC2c2ccc(F)c(F)c2)C1. The van der Waals surface area contributed by atoms with E-state index in [4.69, 9.17) is 9.84 Å². The maximum Gasteiger partial charge on any atom is 0.306 e. The van der Waals surface area contributed by atoms with Gasteiger partial charge in [0.25, 0.3) is 0 Å². The Morgan fingerprint density at radius 2 is 1.88 bits per heavy atom. The number of nitrogens with one attached hydrogen (secondary N) is 1. The van der Waals surface area contributed by atoms with Gasteiger partial charge >= 0.3 is 5.97 Å². The third-order valence-corrected chi connectivity index (χ3v) is 4.84. The lowest BCUT2D eigenvalue weighted by Crippen LogP contribution is -2.40. The first-order valence-corrected chi connectivity index (χ1v) is 8.05. The van der Waals surface area contributed by atoms with Crippen molar-refractivity contribution in [3.63, 3.8) is 0 Å². The van der Waals surface area contributed by atoms with Gasteiger partial charge in [-0.05, 0) is 43.4 Å². The summed E-state index contributed by atoms with van der Waals surface area (Å²) >= 11 is 0. The van der Waals surface area contributed by atoms with Gasteiger partial charge in [-0.3, -0.25) is 9.59 Å². The standard InChI is InChI=1S/C17H19F2NO4/c18-12-4-3-9(8-13(12)19)15-14(5-6-24-15)20-16(21)10-1-2-11(7-10)17(22)23/h3-4,8,10-11,14-15H,1-2,5-7H2,(H,20,21)(H,22,23)/t10-,11+,14?,15?/m0/s1. The Bertz CT molecular complexity index is 651. The molecule has 2 unspecified atom stereocenters. The predicted molar refractivity (Wildman–Crippen MR) is 80.1 cm³/mol. The topological polar surface area (TPSA) is 75.6 Å². The number of hydrogen-bond donors (Lipinski definition) is 2. The van der Waals surface area contributed by atoms with E-state index in [1.54, 1.807) is 0 Å². The molecular formula is C17H19F2NO4. The molecule has 1 amide bonds. The molecule has 3 rings (SSSR count). The summed E-state index contributed by atoms with van der Waals surface area (Å²) in [5.74, 6) is -3.73. The van der Waals surface area contributed by atoms with Gasteiger partial charge in [-0.15, -0.1) is 0 Å². The monoisotopic (exact) mass is 339 g/mol. The second kappa shape index (κ2) is 6.84. The first kappa shape index (κ1) is 16.8. The number of halogens is 2. The van der Waals surface area contributed by atoms with Crippen LogP contribution in [0.25, 0.3) is 0 Å². The molecule has 1 aliphatic heterocycles. The maximum absolute atomic E-state index is 13.4. The van der Waals surface area contributed by atoms with Crippen molar-refractivity contribution in [2.24, 2.45) is 11.8 Å². The number of hydrogen-bond acceptors (Lipinski definition) is 3. The Kier molecular flexibility index (Phi) is 4.80. The number of rotatable bonds is 4. The van der Waals surface area contributed by atoms with Gasteiger partial charge in [0.2, 0.25) is 5.91 Å². The number of carboxylic acid groups (broad SMARTS) is 1. The molecule has 0 aromatic heterocycles. The molecule has 0 bridgehead atoms. The molecule has 2 fully saturated rings. The zero-order valence-electron chi connectivity index (χ0n) is 13.0. The molecule has 1 saturated carbocycles. The highest BCUT2D eigenvalue weighted by Crippen LogP contribution is 2.33. The number of ether oxygens (including phenoxy) is 1. The molecule has 4 atom stereocenters. The van der Waals surface area contributed by atoms with E-state index < -0.39 is 29.6 Å². The number of amides is 1. The number of carboxylic acids is 1. The fourth-order valence-corrected chi connectivity index (χ4v) is 3.50. The minimum Gasteiger partial charge on any atom is -0.481 e. The van der Waals surface area contributed by atoms with Crippen molar-refractivity contribution in [1.82, 2.24) is 5.32 Å². The molecule has 0 spiro atoms. The molecule has 2 aliphatic rings. The minimum absolute atomic E-state index is 0.193. The third kappa shape index (κ3) is 3.40. The second-order valence-corrected chi connectivity index (χ2v) is 6.41. The van der Waals surface area contributed by atoms with E-state index in [0.717, 1.165) is 12.1 Å². The Labute approximate surface area is 138 Å².